The standard InChI is InChI=1S/C14H17N5O3/c1-4-6-18-7-5-9(12(18)20)19-8-15-11-10(19)13(21)17(3)14(22)16(11)2/h4,8-9H,1,5-7H2,2-3H3. The summed E-state index contributed by atoms with van der Waals surface area (Å²) in [5, 5.41) is 0. The molecule has 3 heterocycles. The summed E-state index contributed by atoms with van der Waals surface area (Å²) < 4.78 is 3.93. The average Bonchev–Trinajstić information content (AvgIpc) is 3.08. The molecule has 0 aromatic carbocycles. The van der Waals surface area contributed by atoms with Crippen molar-refractivity contribution >= 4 is 17.1 Å². The monoisotopic (exact) mass is 303 g/mol. The molecule has 1 unspecified atom stereocenters. The molecule has 1 saturated heterocycles. The molecule has 0 saturated carbocycles. The van der Waals surface area contributed by atoms with Crippen LogP contribution < -0.4 is 11.2 Å². The highest BCUT2D eigenvalue weighted by Crippen LogP contribution is 2.25. The van der Waals surface area contributed by atoms with Crippen molar-refractivity contribution in [1.29, 1.82) is 0 Å². The van der Waals surface area contributed by atoms with Gasteiger partial charge >= 0.3 is 5.69 Å². The van der Waals surface area contributed by atoms with Gasteiger partial charge in [-0.25, -0.2) is 9.78 Å². The number of nitrogens with zero attached hydrogens (tertiary/aromatic N) is 5. The zero-order valence-electron chi connectivity index (χ0n) is 12.5. The van der Waals surface area contributed by atoms with E-state index in [1.807, 2.05) is 0 Å². The summed E-state index contributed by atoms with van der Waals surface area (Å²) in [6.07, 6.45) is 3.74. The zero-order chi connectivity index (χ0) is 16.0. The maximum atomic E-state index is 12.4. The number of hydrogen-bond donors (Lipinski definition) is 0. The number of rotatable bonds is 3. The normalized spacial score (nSPS) is 18.4. The van der Waals surface area contributed by atoms with Gasteiger partial charge in [0.25, 0.3) is 5.56 Å². The lowest BCUT2D eigenvalue weighted by Gasteiger charge is -2.15. The molecule has 2 aromatic heterocycles. The van der Waals surface area contributed by atoms with Crippen molar-refractivity contribution < 1.29 is 4.79 Å². The van der Waals surface area contributed by atoms with E-state index in [-0.39, 0.29) is 11.4 Å². The minimum absolute atomic E-state index is 0.0601. The van der Waals surface area contributed by atoms with Gasteiger partial charge in [-0.05, 0) is 6.42 Å². The molecule has 1 fully saturated rings. The topological polar surface area (TPSA) is 82.1 Å². The molecule has 8 heteroatoms. The fraction of sp³-hybridized carbons (Fsp3) is 0.429. The molecule has 0 bridgehead atoms. The Labute approximate surface area is 125 Å². The SMILES string of the molecule is C=CCN1CCC(n2cnc3c2c(=O)n(C)c(=O)n3C)C1=O. The Kier molecular flexibility index (Phi) is 3.23. The summed E-state index contributed by atoms with van der Waals surface area (Å²) in [7, 11) is 2.98. The average molecular weight is 303 g/mol. The minimum Gasteiger partial charge on any atom is -0.337 e. The quantitative estimate of drug-likeness (QED) is 0.709. The van der Waals surface area contributed by atoms with Crippen LogP contribution in [0.15, 0.2) is 28.6 Å². The van der Waals surface area contributed by atoms with Crippen LogP contribution in [0.25, 0.3) is 11.2 Å². The molecule has 1 aliphatic heterocycles. The fourth-order valence-corrected chi connectivity index (χ4v) is 2.92. The van der Waals surface area contributed by atoms with Crippen LogP contribution in [0.2, 0.25) is 0 Å². The highest BCUT2D eigenvalue weighted by molar-refractivity contribution is 5.84. The Morgan fingerprint density at radius 1 is 1.32 bits per heavy atom. The maximum absolute atomic E-state index is 12.4. The van der Waals surface area contributed by atoms with Crippen LogP contribution in [0.3, 0.4) is 0 Å². The molecule has 22 heavy (non-hydrogen) atoms. The van der Waals surface area contributed by atoms with Crippen LogP contribution in [-0.2, 0) is 18.9 Å². The number of hydrogen-bond acceptors (Lipinski definition) is 4. The summed E-state index contributed by atoms with van der Waals surface area (Å²) in [5.41, 5.74) is -0.300. The van der Waals surface area contributed by atoms with E-state index in [1.54, 1.807) is 22.6 Å². The van der Waals surface area contributed by atoms with Gasteiger partial charge in [-0.15, -0.1) is 6.58 Å². The maximum Gasteiger partial charge on any atom is 0.332 e. The van der Waals surface area contributed by atoms with Crippen LogP contribution in [0.4, 0.5) is 0 Å². The predicted molar refractivity (Wildman–Crippen MR) is 80.6 cm³/mol. The van der Waals surface area contributed by atoms with E-state index in [0.29, 0.717) is 25.2 Å². The van der Waals surface area contributed by atoms with Crippen molar-refractivity contribution in [3.8, 4) is 0 Å². The first-order chi connectivity index (χ1) is 10.5. The second-order valence-corrected chi connectivity index (χ2v) is 5.41. The number of imidazole rings is 1. The molecule has 0 radical (unpaired) electrons. The first-order valence-electron chi connectivity index (χ1n) is 6.99. The molecule has 0 N–H and O–H groups in total. The minimum atomic E-state index is -0.463. The third-order valence-electron chi connectivity index (χ3n) is 4.13. The van der Waals surface area contributed by atoms with Crippen molar-refractivity contribution in [3.63, 3.8) is 0 Å². The number of likely N-dealkylation sites (tertiary alicyclic amines) is 1. The van der Waals surface area contributed by atoms with Crippen molar-refractivity contribution in [1.82, 2.24) is 23.6 Å². The Balaban J connectivity index is 2.18. The molecule has 3 rings (SSSR count). The first-order valence-corrected chi connectivity index (χ1v) is 6.99. The summed E-state index contributed by atoms with van der Waals surface area (Å²) in [5.74, 6) is -0.0601. The van der Waals surface area contributed by atoms with Crippen LogP contribution in [0.5, 0.6) is 0 Å². The van der Waals surface area contributed by atoms with E-state index in [9.17, 15) is 14.4 Å². The molecule has 1 amide bonds. The smallest absolute Gasteiger partial charge is 0.332 e. The largest absolute Gasteiger partial charge is 0.337 e. The highest BCUT2D eigenvalue weighted by atomic mass is 16.2. The Bertz CT molecular complexity index is 888. The lowest BCUT2D eigenvalue weighted by molar-refractivity contribution is -0.129. The van der Waals surface area contributed by atoms with E-state index >= 15 is 0 Å². The molecular weight excluding hydrogens is 286 g/mol. The number of aromatic nitrogens is 4. The van der Waals surface area contributed by atoms with Crippen LogP contribution in [0.1, 0.15) is 12.5 Å². The van der Waals surface area contributed by atoms with Gasteiger partial charge in [0.05, 0.1) is 6.33 Å². The van der Waals surface area contributed by atoms with E-state index < -0.39 is 17.3 Å². The molecular formula is C14H17N5O3. The van der Waals surface area contributed by atoms with Gasteiger partial charge in [0.15, 0.2) is 11.2 Å². The van der Waals surface area contributed by atoms with Crippen molar-refractivity contribution in [2.24, 2.45) is 14.1 Å². The molecule has 0 aliphatic carbocycles. The summed E-state index contributed by atoms with van der Waals surface area (Å²) >= 11 is 0. The van der Waals surface area contributed by atoms with Crippen LogP contribution in [0, 0.1) is 0 Å². The third-order valence-corrected chi connectivity index (χ3v) is 4.13. The highest BCUT2D eigenvalue weighted by Gasteiger charge is 2.34. The molecule has 8 nitrogen and oxygen atoms in total. The van der Waals surface area contributed by atoms with E-state index in [0.717, 1.165) is 4.57 Å². The van der Waals surface area contributed by atoms with Crippen LogP contribution in [-0.4, -0.2) is 42.6 Å². The number of aryl methyl sites for hydroxylation is 1. The first kappa shape index (κ1) is 14.3. The van der Waals surface area contributed by atoms with Gasteiger partial charge in [0.1, 0.15) is 6.04 Å². The second kappa shape index (κ2) is 4.97. The fourth-order valence-electron chi connectivity index (χ4n) is 2.92. The predicted octanol–water partition coefficient (Wildman–Crippen LogP) is -0.607. The lowest BCUT2D eigenvalue weighted by Crippen LogP contribution is -2.38. The summed E-state index contributed by atoms with van der Waals surface area (Å²) in [6, 6.07) is -0.463. The second-order valence-electron chi connectivity index (χ2n) is 5.41. The Morgan fingerprint density at radius 2 is 2.05 bits per heavy atom. The van der Waals surface area contributed by atoms with E-state index in [4.69, 9.17) is 0 Å². The third kappa shape index (κ3) is 1.83. The number of fused-ring (bicyclic) bond motifs is 1. The number of carbonyl (C=O) groups excluding carboxylic acids is 1. The van der Waals surface area contributed by atoms with E-state index in [1.165, 1.54) is 17.9 Å². The van der Waals surface area contributed by atoms with Gasteiger partial charge < -0.3 is 9.47 Å². The molecule has 1 aliphatic rings. The zero-order valence-corrected chi connectivity index (χ0v) is 12.5. The molecule has 116 valence electrons. The summed E-state index contributed by atoms with van der Waals surface area (Å²) in [6.45, 7) is 4.74. The van der Waals surface area contributed by atoms with Crippen molar-refractivity contribution in [2.75, 3.05) is 13.1 Å². The van der Waals surface area contributed by atoms with Crippen LogP contribution >= 0.6 is 0 Å². The van der Waals surface area contributed by atoms with E-state index in [2.05, 4.69) is 11.6 Å². The Hall–Kier alpha value is -2.64. The van der Waals surface area contributed by atoms with Gasteiger partial charge in [0, 0.05) is 27.2 Å². The van der Waals surface area contributed by atoms with Gasteiger partial charge in [-0.1, -0.05) is 6.08 Å². The Morgan fingerprint density at radius 3 is 2.73 bits per heavy atom. The lowest BCUT2D eigenvalue weighted by atomic mass is 10.2. The molecule has 0 spiro atoms. The molecule has 2 aromatic rings. The van der Waals surface area contributed by atoms with Gasteiger partial charge in [0.2, 0.25) is 5.91 Å². The van der Waals surface area contributed by atoms with Gasteiger partial charge in [-0.3, -0.25) is 18.7 Å². The summed E-state index contributed by atoms with van der Waals surface area (Å²) in [4.78, 5) is 42.6. The molecule has 1 atom stereocenters. The van der Waals surface area contributed by atoms with Gasteiger partial charge in [-0.2, -0.15) is 0 Å². The van der Waals surface area contributed by atoms with Crippen molar-refractivity contribution in [2.45, 2.75) is 12.5 Å². The number of carbonyl (C=O) groups is 1. The van der Waals surface area contributed by atoms with Crippen molar-refractivity contribution in [3.05, 3.63) is 39.8 Å². The number of amides is 1.